The first-order valence-corrected chi connectivity index (χ1v) is 8.30. The van der Waals surface area contributed by atoms with Crippen LogP contribution in [0.5, 0.6) is 0 Å². The van der Waals surface area contributed by atoms with Gasteiger partial charge in [0.05, 0.1) is 18.2 Å². The number of hydrogen-bond donors (Lipinski definition) is 3. The van der Waals surface area contributed by atoms with E-state index in [2.05, 4.69) is 5.32 Å². The molecule has 0 unspecified atom stereocenters. The molecule has 1 aromatic rings. The van der Waals surface area contributed by atoms with Crippen molar-refractivity contribution in [3.8, 4) is 0 Å². The molecule has 144 valence electrons. The molecule has 2 amide bonds. The Hall–Kier alpha value is -2.13. The van der Waals surface area contributed by atoms with Gasteiger partial charge < -0.3 is 16.2 Å². The number of hydrogen-bond acceptors (Lipinski definition) is 4. The van der Waals surface area contributed by atoms with Crippen LogP contribution in [0, 0.1) is 5.92 Å². The molecule has 1 aliphatic heterocycles. The zero-order chi connectivity index (χ0) is 19.3. The Morgan fingerprint density at radius 2 is 1.81 bits per heavy atom. The quantitative estimate of drug-likeness (QED) is 0.695. The number of amides is 2. The molecule has 2 rings (SSSR count). The summed E-state index contributed by atoms with van der Waals surface area (Å²) >= 11 is 0. The summed E-state index contributed by atoms with van der Waals surface area (Å²) in [6.07, 6.45) is -4.36. The maximum absolute atomic E-state index is 12.5. The van der Waals surface area contributed by atoms with Crippen LogP contribution in [0.15, 0.2) is 24.3 Å². The second-order valence-corrected chi connectivity index (χ2v) is 6.40. The SMILES string of the molecule is NC(=O)CN1CCC(C(=O)NC[C@@H](O)c2ccc(C(F)(F)F)cc2)CC1. The smallest absolute Gasteiger partial charge is 0.387 e. The third-order valence-electron chi connectivity index (χ3n) is 4.43. The van der Waals surface area contributed by atoms with Gasteiger partial charge in [0, 0.05) is 12.5 Å². The van der Waals surface area contributed by atoms with Crippen LogP contribution in [-0.2, 0) is 15.8 Å². The van der Waals surface area contributed by atoms with E-state index in [-0.39, 0.29) is 24.9 Å². The lowest BCUT2D eigenvalue weighted by Gasteiger charge is -2.30. The third-order valence-corrected chi connectivity index (χ3v) is 4.43. The largest absolute Gasteiger partial charge is 0.416 e. The lowest BCUT2D eigenvalue weighted by Crippen LogP contribution is -2.44. The number of nitrogens with two attached hydrogens (primary N) is 1. The number of carbonyl (C=O) groups excluding carboxylic acids is 2. The monoisotopic (exact) mass is 373 g/mol. The van der Waals surface area contributed by atoms with Crippen LogP contribution in [-0.4, -0.2) is 48.0 Å². The van der Waals surface area contributed by atoms with Gasteiger partial charge in [-0.3, -0.25) is 14.5 Å². The standard InChI is InChI=1S/C17H22F3N3O3/c18-17(19,20)13-3-1-11(2-4-13)14(24)9-22-16(26)12-5-7-23(8-6-12)10-15(21)25/h1-4,12,14,24H,5-10H2,(H2,21,25)(H,22,26)/t14-/m1/s1. The Kier molecular flexibility index (Phi) is 6.60. The lowest BCUT2D eigenvalue weighted by atomic mass is 9.95. The Morgan fingerprint density at radius 3 is 2.31 bits per heavy atom. The first kappa shape index (κ1) is 20.2. The minimum atomic E-state index is -4.43. The van der Waals surface area contributed by atoms with E-state index >= 15 is 0 Å². The molecule has 0 aromatic heterocycles. The van der Waals surface area contributed by atoms with E-state index in [0.29, 0.717) is 31.5 Å². The molecule has 9 heteroatoms. The molecule has 1 aromatic carbocycles. The summed E-state index contributed by atoms with van der Waals surface area (Å²) in [6.45, 7) is 1.26. The highest BCUT2D eigenvalue weighted by atomic mass is 19.4. The molecular weight excluding hydrogens is 351 g/mol. The van der Waals surface area contributed by atoms with Crippen LogP contribution < -0.4 is 11.1 Å². The summed E-state index contributed by atoms with van der Waals surface area (Å²) in [5.74, 6) is -0.846. The average molecular weight is 373 g/mol. The molecule has 0 bridgehead atoms. The fourth-order valence-electron chi connectivity index (χ4n) is 2.93. The highest BCUT2D eigenvalue weighted by Gasteiger charge is 2.30. The van der Waals surface area contributed by atoms with E-state index in [1.807, 2.05) is 4.90 Å². The number of nitrogens with zero attached hydrogens (tertiary/aromatic N) is 1. The molecule has 0 spiro atoms. The molecule has 1 heterocycles. The van der Waals surface area contributed by atoms with Gasteiger partial charge >= 0.3 is 6.18 Å². The Balaban J connectivity index is 1.79. The van der Waals surface area contributed by atoms with E-state index in [4.69, 9.17) is 5.73 Å². The van der Waals surface area contributed by atoms with Crippen LogP contribution >= 0.6 is 0 Å². The molecule has 0 saturated carbocycles. The molecule has 26 heavy (non-hydrogen) atoms. The minimum Gasteiger partial charge on any atom is -0.387 e. The summed E-state index contributed by atoms with van der Waals surface area (Å²) in [4.78, 5) is 24.9. The normalized spacial score (nSPS) is 17.7. The van der Waals surface area contributed by atoms with E-state index in [0.717, 1.165) is 12.1 Å². The van der Waals surface area contributed by atoms with E-state index in [1.165, 1.54) is 12.1 Å². The first-order chi connectivity index (χ1) is 12.2. The van der Waals surface area contributed by atoms with E-state index in [1.54, 1.807) is 0 Å². The number of piperidine rings is 1. The number of rotatable bonds is 6. The fraction of sp³-hybridized carbons (Fsp3) is 0.529. The number of carbonyl (C=O) groups is 2. The predicted octanol–water partition coefficient (Wildman–Crippen LogP) is 1.05. The van der Waals surface area contributed by atoms with Crippen LogP contribution in [0.25, 0.3) is 0 Å². The zero-order valence-corrected chi connectivity index (χ0v) is 14.1. The van der Waals surface area contributed by atoms with Crippen molar-refractivity contribution in [2.45, 2.75) is 25.1 Å². The highest BCUT2D eigenvalue weighted by Crippen LogP contribution is 2.29. The number of nitrogens with one attached hydrogen (secondary N) is 1. The number of aliphatic hydroxyl groups excluding tert-OH is 1. The zero-order valence-electron chi connectivity index (χ0n) is 14.1. The van der Waals surface area contributed by atoms with Crippen LogP contribution in [0.1, 0.15) is 30.1 Å². The third kappa shape index (κ3) is 5.70. The number of likely N-dealkylation sites (tertiary alicyclic amines) is 1. The van der Waals surface area contributed by atoms with Crippen molar-refractivity contribution in [1.82, 2.24) is 10.2 Å². The van der Waals surface area contributed by atoms with Crippen molar-refractivity contribution >= 4 is 11.8 Å². The van der Waals surface area contributed by atoms with Crippen LogP contribution in [0.2, 0.25) is 0 Å². The second kappa shape index (κ2) is 8.50. The number of aliphatic hydroxyl groups is 1. The number of halogens is 3. The molecule has 1 saturated heterocycles. The van der Waals surface area contributed by atoms with Crippen molar-refractivity contribution in [2.24, 2.45) is 11.7 Å². The summed E-state index contributed by atoms with van der Waals surface area (Å²) in [5.41, 5.74) is 4.65. The van der Waals surface area contributed by atoms with Gasteiger partial charge in [0.2, 0.25) is 11.8 Å². The second-order valence-electron chi connectivity index (χ2n) is 6.40. The number of alkyl halides is 3. The van der Waals surface area contributed by atoms with Gasteiger partial charge in [-0.1, -0.05) is 12.1 Å². The topological polar surface area (TPSA) is 95.7 Å². The van der Waals surface area contributed by atoms with Crippen molar-refractivity contribution in [2.75, 3.05) is 26.2 Å². The average Bonchev–Trinajstić information content (AvgIpc) is 2.59. The molecule has 1 fully saturated rings. The van der Waals surface area contributed by atoms with Gasteiger partial charge in [0.25, 0.3) is 0 Å². The van der Waals surface area contributed by atoms with Crippen molar-refractivity contribution in [3.05, 3.63) is 35.4 Å². The molecule has 4 N–H and O–H groups in total. The summed E-state index contributed by atoms with van der Waals surface area (Å²) in [5, 5.41) is 12.7. The van der Waals surface area contributed by atoms with Crippen molar-refractivity contribution < 1.29 is 27.9 Å². The Labute approximate surface area is 149 Å². The van der Waals surface area contributed by atoms with Crippen molar-refractivity contribution in [1.29, 1.82) is 0 Å². The summed E-state index contributed by atoms with van der Waals surface area (Å²) in [7, 11) is 0. The minimum absolute atomic E-state index is 0.0777. The van der Waals surface area contributed by atoms with Gasteiger partial charge in [-0.15, -0.1) is 0 Å². The Bertz CT molecular complexity index is 626. The maximum atomic E-state index is 12.5. The van der Waals surface area contributed by atoms with Crippen LogP contribution in [0.4, 0.5) is 13.2 Å². The summed E-state index contributed by atoms with van der Waals surface area (Å²) < 4.78 is 37.6. The maximum Gasteiger partial charge on any atom is 0.416 e. The summed E-state index contributed by atoms with van der Waals surface area (Å²) in [6, 6.07) is 4.19. The van der Waals surface area contributed by atoms with Gasteiger partial charge in [-0.2, -0.15) is 13.2 Å². The predicted molar refractivity (Wildman–Crippen MR) is 87.8 cm³/mol. The number of primary amides is 1. The van der Waals surface area contributed by atoms with Gasteiger partial charge in [-0.05, 0) is 43.6 Å². The molecule has 0 radical (unpaired) electrons. The van der Waals surface area contributed by atoms with Crippen molar-refractivity contribution in [3.63, 3.8) is 0 Å². The lowest BCUT2D eigenvalue weighted by molar-refractivity contribution is -0.137. The fourth-order valence-corrected chi connectivity index (χ4v) is 2.93. The van der Waals surface area contributed by atoms with Gasteiger partial charge in [0.1, 0.15) is 0 Å². The molecule has 1 atom stereocenters. The molecule has 0 aliphatic carbocycles. The molecular formula is C17H22F3N3O3. The van der Waals surface area contributed by atoms with Crippen LogP contribution in [0.3, 0.4) is 0 Å². The van der Waals surface area contributed by atoms with Gasteiger partial charge in [0.15, 0.2) is 0 Å². The number of benzene rings is 1. The molecule has 6 nitrogen and oxygen atoms in total. The van der Waals surface area contributed by atoms with Gasteiger partial charge in [-0.25, -0.2) is 0 Å². The first-order valence-electron chi connectivity index (χ1n) is 8.30. The van der Waals surface area contributed by atoms with E-state index in [9.17, 15) is 27.9 Å². The Morgan fingerprint density at radius 1 is 1.23 bits per heavy atom. The highest BCUT2D eigenvalue weighted by molar-refractivity contribution is 5.79. The van der Waals surface area contributed by atoms with E-state index < -0.39 is 23.8 Å². The molecule has 1 aliphatic rings.